The van der Waals surface area contributed by atoms with Crippen LogP contribution in [0.5, 0.6) is 0 Å². The summed E-state index contributed by atoms with van der Waals surface area (Å²) in [6, 6.07) is 11.5. The summed E-state index contributed by atoms with van der Waals surface area (Å²) >= 11 is 5.80. The molecule has 23 heavy (non-hydrogen) atoms. The van der Waals surface area contributed by atoms with Crippen LogP contribution in [0.2, 0.25) is 5.02 Å². The number of benzene rings is 2. The molecule has 6 heteroatoms. The first-order chi connectivity index (χ1) is 10.8. The van der Waals surface area contributed by atoms with Crippen LogP contribution in [0.4, 0.5) is 13.2 Å². The number of alkyl halides is 3. The van der Waals surface area contributed by atoms with Gasteiger partial charge in [-0.3, -0.25) is 4.79 Å². The van der Waals surface area contributed by atoms with Crippen LogP contribution in [0.3, 0.4) is 0 Å². The van der Waals surface area contributed by atoms with Crippen molar-refractivity contribution in [3.05, 3.63) is 70.2 Å². The number of carbonyl (C=O) groups is 1. The molecule has 122 valence electrons. The second kappa shape index (κ2) is 7.04. The molecule has 0 spiro atoms. The molecule has 1 unspecified atom stereocenters. The number of halogens is 4. The van der Waals surface area contributed by atoms with Crippen LogP contribution in [0.1, 0.15) is 28.4 Å². The largest absolute Gasteiger partial charge is 0.417 e. The first-order valence-electron chi connectivity index (χ1n) is 6.99. The lowest BCUT2D eigenvalue weighted by molar-refractivity contribution is -0.137. The molecule has 1 amide bonds. The SMILES string of the molecule is CC(Cc1ccc(Cl)cc1)NC(=O)c1ccccc1C(F)(F)F. The molecule has 0 fully saturated rings. The van der Waals surface area contributed by atoms with Crippen LogP contribution in [0.25, 0.3) is 0 Å². The van der Waals surface area contributed by atoms with E-state index in [2.05, 4.69) is 5.32 Å². The summed E-state index contributed by atoms with van der Waals surface area (Å²) in [4.78, 5) is 12.1. The lowest BCUT2D eigenvalue weighted by atomic mass is 10.0. The molecule has 0 aromatic heterocycles. The van der Waals surface area contributed by atoms with E-state index >= 15 is 0 Å². The quantitative estimate of drug-likeness (QED) is 0.856. The van der Waals surface area contributed by atoms with Crippen LogP contribution in [-0.4, -0.2) is 11.9 Å². The lowest BCUT2D eigenvalue weighted by Gasteiger charge is -2.17. The van der Waals surface area contributed by atoms with Gasteiger partial charge in [-0.1, -0.05) is 35.9 Å². The highest BCUT2D eigenvalue weighted by molar-refractivity contribution is 6.30. The zero-order valence-electron chi connectivity index (χ0n) is 12.3. The number of hydrogen-bond acceptors (Lipinski definition) is 1. The molecule has 2 aromatic rings. The Kier molecular flexibility index (Phi) is 5.31. The Morgan fingerprint density at radius 1 is 1.13 bits per heavy atom. The zero-order chi connectivity index (χ0) is 17.0. The van der Waals surface area contributed by atoms with Crippen molar-refractivity contribution in [1.82, 2.24) is 5.32 Å². The molecule has 0 saturated carbocycles. The van der Waals surface area contributed by atoms with E-state index in [1.54, 1.807) is 19.1 Å². The Balaban J connectivity index is 2.08. The van der Waals surface area contributed by atoms with Crippen LogP contribution in [0, 0.1) is 0 Å². The van der Waals surface area contributed by atoms with Crippen molar-refractivity contribution < 1.29 is 18.0 Å². The molecule has 0 aliphatic carbocycles. The fraction of sp³-hybridized carbons (Fsp3) is 0.235. The third kappa shape index (κ3) is 4.73. The highest BCUT2D eigenvalue weighted by Gasteiger charge is 2.34. The molecule has 1 N–H and O–H groups in total. The molecule has 1 atom stereocenters. The third-order valence-electron chi connectivity index (χ3n) is 3.31. The Bertz CT molecular complexity index is 683. The van der Waals surface area contributed by atoms with E-state index in [9.17, 15) is 18.0 Å². The fourth-order valence-electron chi connectivity index (χ4n) is 2.25. The summed E-state index contributed by atoms with van der Waals surface area (Å²) in [6.45, 7) is 1.74. The van der Waals surface area contributed by atoms with E-state index in [-0.39, 0.29) is 11.6 Å². The molecule has 2 aromatic carbocycles. The molecule has 0 radical (unpaired) electrons. The van der Waals surface area contributed by atoms with Gasteiger partial charge in [0, 0.05) is 11.1 Å². The van der Waals surface area contributed by atoms with Gasteiger partial charge in [-0.15, -0.1) is 0 Å². The van der Waals surface area contributed by atoms with E-state index in [4.69, 9.17) is 11.6 Å². The van der Waals surface area contributed by atoms with Crippen molar-refractivity contribution >= 4 is 17.5 Å². The summed E-state index contributed by atoms with van der Waals surface area (Å²) < 4.78 is 38.8. The molecule has 0 heterocycles. The number of nitrogens with one attached hydrogen (secondary N) is 1. The minimum atomic E-state index is -4.56. The summed E-state index contributed by atoms with van der Waals surface area (Å²) in [7, 11) is 0. The summed E-state index contributed by atoms with van der Waals surface area (Å²) in [5.74, 6) is -0.737. The molecule has 2 nitrogen and oxygen atoms in total. The van der Waals surface area contributed by atoms with Crippen molar-refractivity contribution in [2.45, 2.75) is 25.6 Å². The van der Waals surface area contributed by atoms with Gasteiger partial charge in [0.1, 0.15) is 0 Å². The van der Waals surface area contributed by atoms with Gasteiger partial charge in [-0.2, -0.15) is 13.2 Å². The summed E-state index contributed by atoms with van der Waals surface area (Å²) in [5, 5.41) is 3.20. The molecular weight excluding hydrogens is 327 g/mol. The minimum Gasteiger partial charge on any atom is -0.349 e. The molecule has 2 rings (SSSR count). The standard InChI is InChI=1S/C17H15ClF3NO/c1-11(10-12-6-8-13(18)9-7-12)22-16(23)14-4-2-3-5-15(14)17(19,20)21/h2-9,11H,10H2,1H3,(H,22,23). The van der Waals surface area contributed by atoms with E-state index < -0.39 is 17.6 Å². The smallest absolute Gasteiger partial charge is 0.349 e. The maximum absolute atomic E-state index is 12.9. The number of carbonyl (C=O) groups excluding carboxylic acids is 1. The summed E-state index contributed by atoms with van der Waals surface area (Å²) in [6.07, 6.45) is -4.07. The van der Waals surface area contributed by atoms with Gasteiger partial charge in [0.05, 0.1) is 11.1 Å². The second-order valence-electron chi connectivity index (χ2n) is 5.25. The van der Waals surface area contributed by atoms with Crippen molar-refractivity contribution in [2.75, 3.05) is 0 Å². The van der Waals surface area contributed by atoms with Gasteiger partial charge >= 0.3 is 6.18 Å². The van der Waals surface area contributed by atoms with Crippen molar-refractivity contribution in [3.8, 4) is 0 Å². The Morgan fingerprint density at radius 2 is 1.74 bits per heavy atom. The molecule has 0 aliphatic rings. The second-order valence-corrected chi connectivity index (χ2v) is 5.68. The van der Waals surface area contributed by atoms with Crippen molar-refractivity contribution in [3.63, 3.8) is 0 Å². The van der Waals surface area contributed by atoms with Crippen LogP contribution >= 0.6 is 11.6 Å². The average molecular weight is 342 g/mol. The minimum absolute atomic E-state index is 0.315. The number of hydrogen-bond donors (Lipinski definition) is 1. The van der Waals surface area contributed by atoms with Crippen molar-refractivity contribution in [2.24, 2.45) is 0 Å². The first-order valence-corrected chi connectivity index (χ1v) is 7.36. The van der Waals surface area contributed by atoms with Crippen LogP contribution in [-0.2, 0) is 12.6 Å². The highest BCUT2D eigenvalue weighted by atomic mass is 35.5. The zero-order valence-corrected chi connectivity index (χ0v) is 13.1. The monoisotopic (exact) mass is 341 g/mol. The van der Waals surface area contributed by atoms with Crippen LogP contribution < -0.4 is 5.32 Å². The highest BCUT2D eigenvalue weighted by Crippen LogP contribution is 2.31. The number of amides is 1. The van der Waals surface area contributed by atoms with Gasteiger partial charge in [0.15, 0.2) is 0 Å². The molecule has 0 aliphatic heterocycles. The normalized spacial score (nSPS) is 12.7. The van der Waals surface area contributed by atoms with Gasteiger partial charge in [-0.05, 0) is 43.2 Å². The van der Waals surface area contributed by atoms with Gasteiger partial charge in [-0.25, -0.2) is 0 Å². The van der Waals surface area contributed by atoms with E-state index in [1.807, 2.05) is 12.1 Å². The third-order valence-corrected chi connectivity index (χ3v) is 3.56. The number of rotatable bonds is 4. The van der Waals surface area contributed by atoms with Crippen LogP contribution in [0.15, 0.2) is 48.5 Å². The maximum atomic E-state index is 12.9. The van der Waals surface area contributed by atoms with E-state index in [0.717, 1.165) is 11.6 Å². The molecular formula is C17H15ClF3NO. The van der Waals surface area contributed by atoms with Gasteiger partial charge in [0.2, 0.25) is 0 Å². The van der Waals surface area contributed by atoms with Gasteiger partial charge < -0.3 is 5.32 Å². The first kappa shape index (κ1) is 17.3. The molecule has 0 bridgehead atoms. The maximum Gasteiger partial charge on any atom is 0.417 e. The Morgan fingerprint density at radius 3 is 2.35 bits per heavy atom. The van der Waals surface area contributed by atoms with E-state index in [1.165, 1.54) is 18.2 Å². The van der Waals surface area contributed by atoms with Gasteiger partial charge in [0.25, 0.3) is 5.91 Å². The predicted molar refractivity (Wildman–Crippen MR) is 83.5 cm³/mol. The molecule has 0 saturated heterocycles. The topological polar surface area (TPSA) is 29.1 Å². The van der Waals surface area contributed by atoms with E-state index in [0.29, 0.717) is 11.4 Å². The Labute approximate surface area is 137 Å². The lowest BCUT2D eigenvalue weighted by Crippen LogP contribution is -2.35. The average Bonchev–Trinajstić information content (AvgIpc) is 2.48. The summed E-state index contributed by atoms with van der Waals surface area (Å²) in [5.41, 5.74) is -0.370. The Hall–Kier alpha value is -2.01. The van der Waals surface area contributed by atoms with Crippen molar-refractivity contribution in [1.29, 1.82) is 0 Å². The fourth-order valence-corrected chi connectivity index (χ4v) is 2.38. The predicted octanol–water partition coefficient (Wildman–Crippen LogP) is 4.72.